The number of amides is 1. The second kappa shape index (κ2) is 5.04. The van der Waals surface area contributed by atoms with E-state index in [4.69, 9.17) is 15.4 Å². The van der Waals surface area contributed by atoms with Crippen molar-refractivity contribution in [2.24, 2.45) is 16.8 Å². The van der Waals surface area contributed by atoms with Crippen LogP contribution in [-0.2, 0) is 0 Å². The Hall–Kier alpha value is -1.98. The lowest BCUT2D eigenvalue weighted by atomic mass is 10.1. The predicted octanol–water partition coefficient (Wildman–Crippen LogP) is 0.392. The van der Waals surface area contributed by atoms with Crippen molar-refractivity contribution in [3.8, 4) is 0 Å². The Balaban J connectivity index is 2.41. The highest BCUT2D eigenvalue weighted by Gasteiger charge is 2.12. The molecule has 1 unspecified atom stereocenters. The van der Waals surface area contributed by atoms with Crippen molar-refractivity contribution in [2.45, 2.75) is 6.92 Å². The quantitative estimate of drug-likeness (QED) is 0.290. The Morgan fingerprint density at radius 3 is 3.07 bits per heavy atom. The maximum Gasteiger partial charge on any atom is 0.286 e. The number of furan rings is 1. The van der Waals surface area contributed by atoms with Crippen molar-refractivity contribution in [1.82, 2.24) is 5.32 Å². The molecular weight excluding hydrogens is 198 g/mol. The minimum absolute atomic E-state index is 0.0785. The first-order chi connectivity index (χ1) is 7.15. The third-order valence-corrected chi connectivity index (χ3v) is 1.93. The molecule has 0 radical (unpaired) electrons. The van der Waals surface area contributed by atoms with Gasteiger partial charge in [-0.1, -0.05) is 12.1 Å². The summed E-state index contributed by atoms with van der Waals surface area (Å²) in [7, 11) is 0. The molecule has 1 aromatic heterocycles. The van der Waals surface area contributed by atoms with E-state index < -0.39 is 0 Å². The number of nitrogens with two attached hydrogens (primary N) is 1. The summed E-state index contributed by atoms with van der Waals surface area (Å²) in [6.45, 7) is 2.02. The minimum atomic E-state index is -0.322. The second-order valence-electron chi connectivity index (χ2n) is 3.11. The van der Waals surface area contributed by atoms with E-state index in [1.807, 2.05) is 0 Å². The maximum atomic E-state index is 11.4. The van der Waals surface area contributed by atoms with Gasteiger partial charge in [0.05, 0.1) is 6.26 Å². The van der Waals surface area contributed by atoms with Crippen LogP contribution in [0.4, 0.5) is 0 Å². The molecule has 0 saturated carbocycles. The van der Waals surface area contributed by atoms with E-state index in [2.05, 4.69) is 10.5 Å². The molecule has 0 bridgehead atoms. The Labute approximate surface area is 86.7 Å². The summed E-state index contributed by atoms with van der Waals surface area (Å²) < 4.78 is 4.89. The third kappa shape index (κ3) is 3.01. The molecule has 0 fully saturated rings. The van der Waals surface area contributed by atoms with Gasteiger partial charge in [0.1, 0.15) is 5.84 Å². The first kappa shape index (κ1) is 11.1. The van der Waals surface area contributed by atoms with E-state index in [-0.39, 0.29) is 30.0 Å². The van der Waals surface area contributed by atoms with Crippen molar-refractivity contribution >= 4 is 11.7 Å². The first-order valence-electron chi connectivity index (χ1n) is 4.44. The van der Waals surface area contributed by atoms with Gasteiger partial charge in [0, 0.05) is 12.5 Å². The largest absolute Gasteiger partial charge is 0.459 e. The normalized spacial score (nSPS) is 13.5. The SMILES string of the molecule is CC(CNC(=O)c1ccco1)C(N)=NO. The van der Waals surface area contributed by atoms with Gasteiger partial charge >= 0.3 is 0 Å². The molecule has 82 valence electrons. The fraction of sp³-hybridized carbons (Fsp3) is 0.333. The van der Waals surface area contributed by atoms with Crippen LogP contribution in [0.5, 0.6) is 0 Å². The minimum Gasteiger partial charge on any atom is -0.459 e. The van der Waals surface area contributed by atoms with E-state index in [1.165, 1.54) is 6.26 Å². The number of rotatable bonds is 4. The number of hydrogen-bond donors (Lipinski definition) is 3. The molecule has 6 nitrogen and oxygen atoms in total. The summed E-state index contributed by atoms with van der Waals surface area (Å²) in [5.74, 6) is -0.233. The lowest BCUT2D eigenvalue weighted by Crippen LogP contribution is -2.34. The zero-order valence-corrected chi connectivity index (χ0v) is 8.30. The van der Waals surface area contributed by atoms with Crippen molar-refractivity contribution in [3.05, 3.63) is 24.2 Å². The smallest absolute Gasteiger partial charge is 0.286 e. The standard InChI is InChI=1S/C9H13N3O3/c1-6(8(10)12-14)5-11-9(13)7-3-2-4-15-7/h2-4,6,14H,5H2,1H3,(H2,10,12)(H,11,13). The van der Waals surface area contributed by atoms with Gasteiger partial charge in [-0.3, -0.25) is 4.79 Å². The molecule has 15 heavy (non-hydrogen) atoms. The fourth-order valence-electron chi connectivity index (χ4n) is 0.944. The lowest BCUT2D eigenvalue weighted by molar-refractivity contribution is 0.0923. The molecule has 1 rings (SSSR count). The molecule has 4 N–H and O–H groups in total. The molecule has 0 aliphatic heterocycles. The summed E-state index contributed by atoms with van der Waals surface area (Å²) >= 11 is 0. The number of carbonyl (C=O) groups is 1. The van der Waals surface area contributed by atoms with Gasteiger partial charge < -0.3 is 20.7 Å². The molecule has 6 heteroatoms. The number of oxime groups is 1. The number of carbonyl (C=O) groups excluding carboxylic acids is 1. The Morgan fingerprint density at radius 1 is 1.80 bits per heavy atom. The van der Waals surface area contributed by atoms with Gasteiger partial charge in [0.15, 0.2) is 5.76 Å². The van der Waals surface area contributed by atoms with Crippen LogP contribution >= 0.6 is 0 Å². The molecule has 0 aliphatic carbocycles. The zero-order valence-electron chi connectivity index (χ0n) is 8.30. The Bertz CT molecular complexity index is 345. The van der Waals surface area contributed by atoms with Crippen LogP contribution in [0, 0.1) is 5.92 Å². The van der Waals surface area contributed by atoms with Crippen LogP contribution in [0.15, 0.2) is 28.0 Å². The highest BCUT2D eigenvalue weighted by molar-refractivity contribution is 5.91. The predicted molar refractivity (Wildman–Crippen MR) is 53.6 cm³/mol. The molecule has 0 saturated heterocycles. The van der Waals surface area contributed by atoms with Crippen LogP contribution in [0.1, 0.15) is 17.5 Å². The van der Waals surface area contributed by atoms with Crippen LogP contribution in [0.2, 0.25) is 0 Å². The summed E-state index contributed by atoms with van der Waals surface area (Å²) in [4.78, 5) is 11.4. The van der Waals surface area contributed by atoms with Gasteiger partial charge in [-0.05, 0) is 12.1 Å². The summed E-state index contributed by atoms with van der Waals surface area (Å²) in [6, 6.07) is 3.19. The first-order valence-corrected chi connectivity index (χ1v) is 4.44. The number of amidine groups is 1. The highest BCUT2D eigenvalue weighted by atomic mass is 16.4. The third-order valence-electron chi connectivity index (χ3n) is 1.93. The van der Waals surface area contributed by atoms with Gasteiger partial charge in [-0.2, -0.15) is 0 Å². The van der Waals surface area contributed by atoms with Crippen molar-refractivity contribution < 1.29 is 14.4 Å². The van der Waals surface area contributed by atoms with Crippen LogP contribution < -0.4 is 11.1 Å². The van der Waals surface area contributed by atoms with Crippen LogP contribution in [-0.4, -0.2) is 23.5 Å². The number of nitrogens with one attached hydrogen (secondary N) is 1. The molecule has 1 heterocycles. The topological polar surface area (TPSA) is 101 Å². The number of nitrogens with zero attached hydrogens (tertiary/aromatic N) is 1. The zero-order chi connectivity index (χ0) is 11.3. The molecule has 0 aliphatic rings. The second-order valence-corrected chi connectivity index (χ2v) is 3.11. The van der Waals surface area contributed by atoms with Crippen molar-refractivity contribution in [2.75, 3.05) is 6.54 Å². The van der Waals surface area contributed by atoms with E-state index in [0.717, 1.165) is 0 Å². The Kier molecular flexibility index (Phi) is 3.73. The summed E-state index contributed by atoms with van der Waals surface area (Å²) in [5, 5.41) is 13.8. The van der Waals surface area contributed by atoms with Gasteiger partial charge in [0.25, 0.3) is 5.91 Å². The molecular formula is C9H13N3O3. The molecule has 1 aromatic rings. The average Bonchev–Trinajstić information content (AvgIpc) is 2.77. The van der Waals surface area contributed by atoms with Crippen molar-refractivity contribution in [1.29, 1.82) is 0 Å². The average molecular weight is 211 g/mol. The molecule has 1 amide bonds. The monoisotopic (exact) mass is 211 g/mol. The fourth-order valence-corrected chi connectivity index (χ4v) is 0.944. The lowest BCUT2D eigenvalue weighted by Gasteiger charge is -2.09. The molecule has 0 aromatic carbocycles. The Morgan fingerprint density at radius 2 is 2.53 bits per heavy atom. The van der Waals surface area contributed by atoms with Crippen molar-refractivity contribution in [3.63, 3.8) is 0 Å². The van der Waals surface area contributed by atoms with Gasteiger partial charge in [-0.15, -0.1) is 0 Å². The van der Waals surface area contributed by atoms with E-state index in [1.54, 1.807) is 19.1 Å². The van der Waals surface area contributed by atoms with Gasteiger partial charge in [-0.25, -0.2) is 0 Å². The molecule has 1 atom stereocenters. The van der Waals surface area contributed by atoms with E-state index >= 15 is 0 Å². The van der Waals surface area contributed by atoms with Crippen LogP contribution in [0.3, 0.4) is 0 Å². The highest BCUT2D eigenvalue weighted by Crippen LogP contribution is 2.00. The maximum absolute atomic E-state index is 11.4. The molecule has 0 spiro atoms. The van der Waals surface area contributed by atoms with E-state index in [9.17, 15) is 4.79 Å². The summed E-state index contributed by atoms with van der Waals surface area (Å²) in [6.07, 6.45) is 1.42. The van der Waals surface area contributed by atoms with E-state index in [0.29, 0.717) is 0 Å². The van der Waals surface area contributed by atoms with Crippen LogP contribution in [0.25, 0.3) is 0 Å². The number of hydrogen-bond acceptors (Lipinski definition) is 4. The van der Waals surface area contributed by atoms with Gasteiger partial charge in [0.2, 0.25) is 0 Å². The summed E-state index contributed by atoms with van der Waals surface area (Å²) in [5.41, 5.74) is 5.35.